The smallest absolute Gasteiger partial charge is 0.126 e. The van der Waals surface area contributed by atoms with Gasteiger partial charge >= 0.3 is 0 Å². The third-order valence-corrected chi connectivity index (χ3v) is 0. The SMILES string of the molecule is CC(C)=O.C[C-]=O.[Pt]. The van der Waals surface area contributed by atoms with E-state index in [9.17, 15) is 4.79 Å². The molecule has 3 heteroatoms. The van der Waals surface area contributed by atoms with E-state index < -0.39 is 0 Å². The van der Waals surface area contributed by atoms with E-state index in [1.54, 1.807) is 0 Å². The average molecular weight is 296 g/mol. The number of carbonyl (C=O) groups is 1. The topological polar surface area (TPSA) is 34.1 Å². The van der Waals surface area contributed by atoms with Gasteiger partial charge in [-0.05, 0) is 13.8 Å². The van der Waals surface area contributed by atoms with Gasteiger partial charge in [0.15, 0.2) is 0 Å². The summed E-state index contributed by atoms with van der Waals surface area (Å²) in [6.45, 7) is 4.38. The molecule has 52 valence electrons. The normalized spacial score (nSPS) is 4.88. The van der Waals surface area contributed by atoms with E-state index in [-0.39, 0.29) is 26.8 Å². The van der Waals surface area contributed by atoms with E-state index in [2.05, 4.69) is 0 Å². The molecule has 0 bridgehead atoms. The van der Waals surface area contributed by atoms with Crippen molar-refractivity contribution in [2.24, 2.45) is 0 Å². The van der Waals surface area contributed by atoms with Gasteiger partial charge in [0.05, 0.1) is 0 Å². The maximum absolute atomic E-state index is 9.44. The fourth-order valence-electron chi connectivity index (χ4n) is 0. The van der Waals surface area contributed by atoms with Gasteiger partial charge in [-0.3, -0.25) is 6.29 Å². The minimum atomic E-state index is 0. The summed E-state index contributed by atoms with van der Waals surface area (Å²) >= 11 is 0. The molecule has 0 rings (SSSR count). The summed E-state index contributed by atoms with van der Waals surface area (Å²) in [7, 11) is 0. The van der Waals surface area contributed by atoms with Crippen LogP contribution in [0.4, 0.5) is 0 Å². The minimum absolute atomic E-state index is 0. The Labute approximate surface area is 63.9 Å². The standard InChI is InChI=1S/C3H6O.C2H3O.Pt/c1-3(2)4;1-2-3;/h1-2H3;1H3;/q;-1;. The van der Waals surface area contributed by atoms with E-state index in [1.165, 1.54) is 27.1 Å². The van der Waals surface area contributed by atoms with Gasteiger partial charge in [-0.15, -0.1) is 0 Å². The Balaban J connectivity index is -0.0000000575. The van der Waals surface area contributed by atoms with Crippen molar-refractivity contribution in [1.82, 2.24) is 0 Å². The van der Waals surface area contributed by atoms with Crippen LogP contribution < -0.4 is 0 Å². The Morgan fingerprint density at radius 1 is 1.38 bits per heavy atom. The fraction of sp³-hybridized carbons (Fsp3) is 0.600. The van der Waals surface area contributed by atoms with Crippen LogP contribution in [0.15, 0.2) is 0 Å². The molecule has 0 amide bonds. The van der Waals surface area contributed by atoms with Crippen LogP contribution in [0, 0.1) is 0 Å². The number of hydrogen-bond acceptors (Lipinski definition) is 2. The summed E-state index contributed by atoms with van der Waals surface area (Å²) in [4.78, 5) is 18.1. The van der Waals surface area contributed by atoms with Crippen molar-refractivity contribution in [2.75, 3.05) is 0 Å². The molecule has 0 saturated carbocycles. The van der Waals surface area contributed by atoms with Gasteiger partial charge in [0.1, 0.15) is 5.78 Å². The van der Waals surface area contributed by atoms with Gasteiger partial charge < -0.3 is 9.59 Å². The number of carbonyl (C=O) groups excluding carboxylic acids is 2. The second-order valence-corrected chi connectivity index (χ2v) is 1.11. The maximum atomic E-state index is 9.44. The predicted molar refractivity (Wildman–Crippen MR) is 27.7 cm³/mol. The number of rotatable bonds is 0. The summed E-state index contributed by atoms with van der Waals surface area (Å²) < 4.78 is 0. The molecule has 0 aliphatic carbocycles. The second kappa shape index (κ2) is 15.7. The molecule has 2 nitrogen and oxygen atoms in total. The van der Waals surface area contributed by atoms with Crippen molar-refractivity contribution in [3.63, 3.8) is 0 Å². The Morgan fingerprint density at radius 3 is 1.38 bits per heavy atom. The molecule has 8 heavy (non-hydrogen) atoms. The summed E-state index contributed by atoms with van der Waals surface area (Å²) in [5, 5.41) is 0. The van der Waals surface area contributed by atoms with Crippen molar-refractivity contribution in [3.8, 4) is 0 Å². The Bertz CT molecular complexity index is 57.4. The molecule has 0 aromatic heterocycles. The number of hydrogen-bond donors (Lipinski definition) is 0. The molecule has 0 aromatic carbocycles. The van der Waals surface area contributed by atoms with Crippen molar-refractivity contribution in [3.05, 3.63) is 0 Å². The van der Waals surface area contributed by atoms with Gasteiger partial charge in [0.25, 0.3) is 0 Å². The van der Waals surface area contributed by atoms with Crippen molar-refractivity contribution in [1.29, 1.82) is 0 Å². The van der Waals surface area contributed by atoms with E-state index in [0.717, 1.165) is 0 Å². The van der Waals surface area contributed by atoms with Crippen molar-refractivity contribution in [2.45, 2.75) is 20.8 Å². The van der Waals surface area contributed by atoms with Crippen LogP contribution in [0.3, 0.4) is 0 Å². The molecule has 0 aliphatic heterocycles. The van der Waals surface area contributed by atoms with Crippen molar-refractivity contribution < 1.29 is 30.7 Å². The summed E-state index contributed by atoms with van der Waals surface area (Å²) in [6.07, 6.45) is 1.50. The van der Waals surface area contributed by atoms with Crippen LogP contribution in [0.1, 0.15) is 20.8 Å². The van der Waals surface area contributed by atoms with Crippen LogP contribution in [-0.2, 0) is 30.7 Å². The van der Waals surface area contributed by atoms with Crippen molar-refractivity contribution >= 4 is 12.1 Å². The Hall–Kier alpha value is 0.0283. The molecule has 0 spiro atoms. The summed E-state index contributed by atoms with van der Waals surface area (Å²) in [6, 6.07) is 0. The molecule has 0 fully saturated rings. The maximum Gasteiger partial charge on any atom is 0.126 e. The Kier molecular flexibility index (Phi) is 30.9. The molecule has 0 aliphatic rings. The van der Waals surface area contributed by atoms with Gasteiger partial charge in [0, 0.05) is 21.1 Å². The zero-order valence-corrected chi connectivity index (χ0v) is 7.40. The predicted octanol–water partition coefficient (Wildman–Crippen LogP) is 0.709. The summed E-state index contributed by atoms with van der Waals surface area (Å²) in [5.74, 6) is 0.167. The number of ketones is 1. The minimum Gasteiger partial charge on any atom is -0.542 e. The first-order chi connectivity index (χ1) is 3.15. The molecule has 0 N–H and O–H groups in total. The van der Waals surface area contributed by atoms with Gasteiger partial charge in [-0.2, -0.15) is 6.92 Å². The first-order valence-corrected chi connectivity index (χ1v) is 1.91. The summed E-state index contributed by atoms with van der Waals surface area (Å²) in [5.41, 5.74) is 0. The second-order valence-electron chi connectivity index (χ2n) is 1.11. The van der Waals surface area contributed by atoms with E-state index >= 15 is 0 Å². The van der Waals surface area contributed by atoms with Crippen LogP contribution in [0.25, 0.3) is 0 Å². The fourth-order valence-corrected chi connectivity index (χ4v) is 0. The molecule has 0 heterocycles. The average Bonchev–Trinajstić information content (AvgIpc) is 1.33. The third-order valence-electron chi connectivity index (χ3n) is 0. The van der Waals surface area contributed by atoms with Gasteiger partial charge in [-0.25, -0.2) is 0 Å². The quantitative estimate of drug-likeness (QED) is 0.617. The van der Waals surface area contributed by atoms with E-state index in [1.807, 2.05) is 0 Å². The first-order valence-electron chi connectivity index (χ1n) is 1.91. The van der Waals surface area contributed by atoms with Gasteiger partial charge in [0.2, 0.25) is 0 Å². The number of Topliss-reactive ketones (excluding diaryl/α,β-unsaturated/α-hetero) is 1. The molecule has 0 radical (unpaired) electrons. The zero-order chi connectivity index (χ0) is 6.28. The van der Waals surface area contributed by atoms with E-state index in [0.29, 0.717) is 0 Å². The van der Waals surface area contributed by atoms with Crippen LogP contribution in [0.5, 0.6) is 0 Å². The molecule has 0 unspecified atom stereocenters. The van der Waals surface area contributed by atoms with Crippen LogP contribution in [0.2, 0.25) is 0 Å². The molecule has 0 atom stereocenters. The van der Waals surface area contributed by atoms with Gasteiger partial charge in [-0.1, -0.05) is 0 Å². The first kappa shape index (κ1) is 15.7. The monoisotopic (exact) mass is 296 g/mol. The van der Waals surface area contributed by atoms with Crippen LogP contribution in [-0.4, -0.2) is 12.1 Å². The largest absolute Gasteiger partial charge is 0.542 e. The molecule has 0 saturated heterocycles. The molecular weight excluding hydrogens is 287 g/mol. The zero-order valence-electron chi connectivity index (χ0n) is 5.13. The molecule has 0 aromatic rings. The van der Waals surface area contributed by atoms with Crippen LogP contribution >= 0.6 is 0 Å². The Morgan fingerprint density at radius 2 is 1.38 bits per heavy atom. The molecular formula is C5H9O2Pt-. The van der Waals surface area contributed by atoms with E-state index in [4.69, 9.17) is 4.79 Å². The third kappa shape index (κ3) is 190000.